The third-order valence-electron chi connectivity index (χ3n) is 4.41. The molecule has 0 aromatic heterocycles. The molecule has 0 saturated heterocycles. The molecular formula is C19H19FN2O3. The van der Waals surface area contributed by atoms with Crippen LogP contribution < -0.4 is 10.6 Å². The van der Waals surface area contributed by atoms with Gasteiger partial charge in [-0.25, -0.2) is 14.0 Å². The van der Waals surface area contributed by atoms with E-state index in [0.717, 1.165) is 24.0 Å². The molecule has 2 aromatic carbocycles. The summed E-state index contributed by atoms with van der Waals surface area (Å²) in [7, 11) is 0. The number of carbonyl (C=O) groups is 2. The molecule has 1 aliphatic rings. The zero-order chi connectivity index (χ0) is 17.8. The van der Waals surface area contributed by atoms with Crippen LogP contribution >= 0.6 is 0 Å². The molecule has 0 radical (unpaired) electrons. The van der Waals surface area contributed by atoms with Crippen molar-refractivity contribution in [2.75, 3.05) is 0 Å². The van der Waals surface area contributed by atoms with Gasteiger partial charge in [-0.1, -0.05) is 24.3 Å². The van der Waals surface area contributed by atoms with Gasteiger partial charge in [-0.15, -0.1) is 0 Å². The van der Waals surface area contributed by atoms with Crippen molar-refractivity contribution in [2.45, 2.75) is 31.8 Å². The summed E-state index contributed by atoms with van der Waals surface area (Å²) >= 11 is 0. The Bertz CT molecular complexity index is 790. The number of rotatable bonds is 4. The molecule has 25 heavy (non-hydrogen) atoms. The van der Waals surface area contributed by atoms with Crippen LogP contribution in [0.15, 0.2) is 42.5 Å². The van der Waals surface area contributed by atoms with Crippen molar-refractivity contribution in [1.29, 1.82) is 0 Å². The van der Waals surface area contributed by atoms with Crippen molar-refractivity contribution in [2.24, 2.45) is 0 Å². The second-order valence-corrected chi connectivity index (χ2v) is 6.08. The van der Waals surface area contributed by atoms with Gasteiger partial charge in [0.05, 0.1) is 11.6 Å². The zero-order valence-corrected chi connectivity index (χ0v) is 13.6. The van der Waals surface area contributed by atoms with Crippen LogP contribution in [0.5, 0.6) is 0 Å². The van der Waals surface area contributed by atoms with Crippen molar-refractivity contribution >= 4 is 12.0 Å². The molecule has 1 aliphatic carbocycles. The van der Waals surface area contributed by atoms with E-state index in [1.165, 1.54) is 18.2 Å². The molecule has 1 unspecified atom stereocenters. The predicted molar refractivity (Wildman–Crippen MR) is 90.9 cm³/mol. The molecule has 1 atom stereocenters. The first-order valence-electron chi connectivity index (χ1n) is 8.18. The van der Waals surface area contributed by atoms with E-state index in [-0.39, 0.29) is 30.0 Å². The van der Waals surface area contributed by atoms with Crippen LogP contribution in [0, 0.1) is 5.82 Å². The van der Waals surface area contributed by atoms with E-state index in [1.54, 1.807) is 18.2 Å². The maximum atomic E-state index is 13.9. The smallest absolute Gasteiger partial charge is 0.335 e. The van der Waals surface area contributed by atoms with Gasteiger partial charge in [-0.05, 0) is 54.2 Å². The quantitative estimate of drug-likeness (QED) is 0.797. The highest BCUT2D eigenvalue weighted by Crippen LogP contribution is 2.31. The number of benzene rings is 2. The van der Waals surface area contributed by atoms with Crippen LogP contribution in [0.3, 0.4) is 0 Å². The van der Waals surface area contributed by atoms with Crippen LogP contribution in [-0.4, -0.2) is 17.1 Å². The molecule has 0 fully saturated rings. The second-order valence-electron chi connectivity index (χ2n) is 6.08. The Morgan fingerprint density at radius 1 is 1.16 bits per heavy atom. The van der Waals surface area contributed by atoms with Crippen molar-refractivity contribution in [3.63, 3.8) is 0 Å². The third-order valence-corrected chi connectivity index (χ3v) is 4.41. The van der Waals surface area contributed by atoms with Crippen LogP contribution in [0.4, 0.5) is 9.18 Å². The van der Waals surface area contributed by atoms with E-state index in [4.69, 9.17) is 5.11 Å². The standard InChI is InChI=1S/C19H19FN2O3/c20-16-5-1-4-15-14(16)3-2-6-17(15)22-19(25)21-11-12-7-9-13(10-8-12)18(23)24/h1,4-5,7-10,17H,2-3,6,11H2,(H,23,24)(H2,21,22,25). The van der Waals surface area contributed by atoms with Gasteiger partial charge < -0.3 is 15.7 Å². The summed E-state index contributed by atoms with van der Waals surface area (Å²) in [4.78, 5) is 23.0. The molecule has 0 saturated carbocycles. The van der Waals surface area contributed by atoms with E-state index < -0.39 is 5.97 Å². The minimum absolute atomic E-state index is 0.200. The number of hydrogen-bond acceptors (Lipinski definition) is 2. The lowest BCUT2D eigenvalue weighted by molar-refractivity contribution is 0.0697. The number of amides is 2. The van der Waals surface area contributed by atoms with E-state index in [2.05, 4.69) is 10.6 Å². The Hall–Kier alpha value is -2.89. The number of fused-ring (bicyclic) bond motifs is 1. The highest BCUT2D eigenvalue weighted by atomic mass is 19.1. The molecule has 0 bridgehead atoms. The maximum Gasteiger partial charge on any atom is 0.335 e. The summed E-state index contributed by atoms with van der Waals surface area (Å²) in [5.41, 5.74) is 2.53. The number of nitrogens with one attached hydrogen (secondary N) is 2. The number of halogens is 1. The summed E-state index contributed by atoms with van der Waals surface area (Å²) in [6, 6.07) is 10.8. The fourth-order valence-corrected chi connectivity index (χ4v) is 3.11. The minimum atomic E-state index is -0.986. The molecule has 5 nitrogen and oxygen atoms in total. The predicted octanol–water partition coefficient (Wildman–Crippen LogP) is 3.40. The summed E-state index contributed by atoms with van der Waals surface area (Å²) in [5, 5.41) is 14.5. The fraction of sp³-hybridized carbons (Fsp3) is 0.263. The minimum Gasteiger partial charge on any atom is -0.478 e. The molecule has 3 N–H and O–H groups in total. The van der Waals surface area contributed by atoms with Crippen molar-refractivity contribution in [1.82, 2.24) is 10.6 Å². The van der Waals surface area contributed by atoms with Gasteiger partial charge in [-0.3, -0.25) is 0 Å². The summed E-state index contributed by atoms with van der Waals surface area (Å²) in [5.74, 6) is -1.21. The molecule has 0 heterocycles. The molecule has 3 rings (SSSR count). The van der Waals surface area contributed by atoms with E-state index in [0.29, 0.717) is 12.0 Å². The van der Waals surface area contributed by atoms with Crippen LogP contribution in [-0.2, 0) is 13.0 Å². The Balaban J connectivity index is 1.59. The summed E-state index contributed by atoms with van der Waals surface area (Å²) < 4.78 is 13.9. The third kappa shape index (κ3) is 3.96. The normalized spacial score (nSPS) is 16.0. The van der Waals surface area contributed by atoms with Crippen molar-refractivity contribution in [3.8, 4) is 0 Å². The second kappa shape index (κ2) is 7.34. The van der Waals surface area contributed by atoms with Crippen LogP contribution in [0.25, 0.3) is 0 Å². The molecule has 2 amide bonds. The largest absolute Gasteiger partial charge is 0.478 e. The Kier molecular flexibility index (Phi) is 4.97. The molecule has 130 valence electrons. The molecule has 2 aromatic rings. The molecular weight excluding hydrogens is 323 g/mol. The van der Waals surface area contributed by atoms with Gasteiger partial charge in [0.25, 0.3) is 0 Å². The number of carboxylic acids is 1. The summed E-state index contributed by atoms with van der Waals surface area (Å²) in [6.45, 7) is 0.286. The van der Waals surface area contributed by atoms with Crippen LogP contribution in [0.2, 0.25) is 0 Å². The van der Waals surface area contributed by atoms with E-state index in [9.17, 15) is 14.0 Å². The fourth-order valence-electron chi connectivity index (χ4n) is 3.11. The van der Waals surface area contributed by atoms with Crippen molar-refractivity contribution < 1.29 is 19.1 Å². The first kappa shape index (κ1) is 17.0. The lowest BCUT2D eigenvalue weighted by Crippen LogP contribution is -2.38. The average Bonchev–Trinajstić information content (AvgIpc) is 2.61. The Morgan fingerprint density at radius 2 is 1.92 bits per heavy atom. The number of carboxylic acid groups (broad SMARTS) is 1. The first-order valence-corrected chi connectivity index (χ1v) is 8.18. The van der Waals surface area contributed by atoms with E-state index in [1.807, 2.05) is 6.07 Å². The number of urea groups is 1. The molecule has 0 spiro atoms. The molecule has 0 aliphatic heterocycles. The SMILES string of the molecule is O=C(NCc1ccc(C(=O)O)cc1)NC1CCCc2c(F)cccc21. The van der Waals surface area contributed by atoms with Gasteiger partial charge in [0.15, 0.2) is 0 Å². The first-order chi connectivity index (χ1) is 12.0. The average molecular weight is 342 g/mol. The Morgan fingerprint density at radius 3 is 2.64 bits per heavy atom. The number of carbonyl (C=O) groups excluding carboxylic acids is 1. The number of aromatic carboxylic acids is 1. The molecule has 6 heteroatoms. The lowest BCUT2D eigenvalue weighted by Gasteiger charge is -2.26. The highest BCUT2D eigenvalue weighted by Gasteiger charge is 2.23. The van der Waals surface area contributed by atoms with Gasteiger partial charge in [0, 0.05) is 6.54 Å². The topological polar surface area (TPSA) is 78.4 Å². The Labute approximate surface area is 144 Å². The maximum absolute atomic E-state index is 13.9. The van der Waals surface area contributed by atoms with E-state index >= 15 is 0 Å². The van der Waals surface area contributed by atoms with Gasteiger partial charge >= 0.3 is 12.0 Å². The monoisotopic (exact) mass is 342 g/mol. The zero-order valence-electron chi connectivity index (χ0n) is 13.6. The summed E-state index contributed by atoms with van der Waals surface area (Å²) in [6.07, 6.45) is 2.30. The number of hydrogen-bond donors (Lipinski definition) is 3. The van der Waals surface area contributed by atoms with Crippen LogP contribution in [0.1, 0.15) is 45.9 Å². The van der Waals surface area contributed by atoms with Crippen molar-refractivity contribution in [3.05, 3.63) is 70.5 Å². The van der Waals surface area contributed by atoms with Gasteiger partial charge in [-0.2, -0.15) is 0 Å². The highest BCUT2D eigenvalue weighted by molar-refractivity contribution is 5.87. The van der Waals surface area contributed by atoms with Gasteiger partial charge in [0.2, 0.25) is 0 Å². The van der Waals surface area contributed by atoms with Gasteiger partial charge in [0.1, 0.15) is 5.82 Å². The lowest BCUT2D eigenvalue weighted by atomic mass is 9.87.